The molecule has 1 fully saturated rings. The van der Waals surface area contributed by atoms with E-state index in [1.807, 2.05) is 11.8 Å². The van der Waals surface area contributed by atoms with Gasteiger partial charge in [-0.1, -0.05) is 12.8 Å². The SMILES string of the molecule is CC(NCCCCCCO)C(=O)N1CCCC1. The zero-order chi connectivity index (χ0) is 12.5. The molecule has 1 aliphatic rings. The van der Waals surface area contributed by atoms with Crippen molar-refractivity contribution in [3.8, 4) is 0 Å². The van der Waals surface area contributed by atoms with Crippen LogP contribution in [0.5, 0.6) is 0 Å². The summed E-state index contributed by atoms with van der Waals surface area (Å²) in [4.78, 5) is 13.9. The predicted octanol–water partition coefficient (Wildman–Crippen LogP) is 1.14. The number of likely N-dealkylation sites (tertiary alicyclic amines) is 1. The molecule has 1 heterocycles. The average Bonchev–Trinajstić information content (AvgIpc) is 2.86. The normalized spacial score (nSPS) is 17.4. The smallest absolute Gasteiger partial charge is 0.239 e. The van der Waals surface area contributed by atoms with E-state index in [0.29, 0.717) is 0 Å². The van der Waals surface area contributed by atoms with Crippen LogP contribution in [0.3, 0.4) is 0 Å². The number of carbonyl (C=O) groups is 1. The van der Waals surface area contributed by atoms with Crippen molar-refractivity contribution in [2.24, 2.45) is 0 Å². The van der Waals surface area contributed by atoms with Crippen LogP contribution in [-0.2, 0) is 4.79 Å². The van der Waals surface area contributed by atoms with Crippen molar-refractivity contribution in [3.05, 3.63) is 0 Å². The second-order valence-corrected chi connectivity index (χ2v) is 4.85. The van der Waals surface area contributed by atoms with Gasteiger partial charge in [0, 0.05) is 19.7 Å². The third-order valence-electron chi connectivity index (χ3n) is 3.32. The molecular formula is C13H26N2O2. The Hall–Kier alpha value is -0.610. The van der Waals surface area contributed by atoms with Gasteiger partial charge in [0.2, 0.25) is 5.91 Å². The second-order valence-electron chi connectivity index (χ2n) is 4.85. The van der Waals surface area contributed by atoms with Crippen molar-refractivity contribution >= 4 is 5.91 Å². The third kappa shape index (κ3) is 5.50. The first-order valence-electron chi connectivity index (χ1n) is 6.88. The van der Waals surface area contributed by atoms with E-state index < -0.39 is 0 Å². The number of nitrogens with one attached hydrogen (secondary N) is 1. The Balaban J connectivity index is 2.03. The minimum Gasteiger partial charge on any atom is -0.396 e. The van der Waals surface area contributed by atoms with Gasteiger partial charge in [0.25, 0.3) is 0 Å². The van der Waals surface area contributed by atoms with Crippen molar-refractivity contribution in [2.45, 2.75) is 51.5 Å². The van der Waals surface area contributed by atoms with E-state index in [9.17, 15) is 4.79 Å². The fraction of sp³-hybridized carbons (Fsp3) is 0.923. The van der Waals surface area contributed by atoms with Crippen LogP contribution >= 0.6 is 0 Å². The molecule has 0 spiro atoms. The van der Waals surface area contributed by atoms with Crippen molar-refractivity contribution in [2.75, 3.05) is 26.2 Å². The standard InChI is InChI=1S/C13H26N2O2/c1-12(13(17)15-9-5-6-10-15)14-8-4-2-3-7-11-16/h12,14,16H,2-11H2,1H3. The zero-order valence-electron chi connectivity index (χ0n) is 11.0. The second kappa shape index (κ2) is 8.48. The number of aliphatic hydroxyl groups excluding tert-OH is 1. The Labute approximate surface area is 104 Å². The molecule has 100 valence electrons. The molecule has 1 unspecified atom stereocenters. The van der Waals surface area contributed by atoms with Gasteiger partial charge in [-0.15, -0.1) is 0 Å². The molecule has 0 radical (unpaired) electrons. The number of hydrogen-bond acceptors (Lipinski definition) is 3. The lowest BCUT2D eigenvalue weighted by Crippen LogP contribution is -2.43. The fourth-order valence-electron chi connectivity index (χ4n) is 2.21. The summed E-state index contributed by atoms with van der Waals surface area (Å²) < 4.78 is 0. The highest BCUT2D eigenvalue weighted by molar-refractivity contribution is 5.81. The first-order valence-corrected chi connectivity index (χ1v) is 6.88. The van der Waals surface area contributed by atoms with Gasteiger partial charge in [0.05, 0.1) is 6.04 Å². The lowest BCUT2D eigenvalue weighted by molar-refractivity contribution is -0.131. The van der Waals surface area contributed by atoms with Gasteiger partial charge in [-0.25, -0.2) is 0 Å². The van der Waals surface area contributed by atoms with Crippen LogP contribution < -0.4 is 5.32 Å². The first kappa shape index (κ1) is 14.5. The number of nitrogens with zero attached hydrogens (tertiary/aromatic N) is 1. The summed E-state index contributed by atoms with van der Waals surface area (Å²) in [5.41, 5.74) is 0. The van der Waals surface area contributed by atoms with E-state index in [0.717, 1.165) is 58.2 Å². The van der Waals surface area contributed by atoms with E-state index in [4.69, 9.17) is 5.11 Å². The van der Waals surface area contributed by atoms with Gasteiger partial charge in [0.15, 0.2) is 0 Å². The lowest BCUT2D eigenvalue weighted by Gasteiger charge is -2.21. The Morgan fingerprint density at radius 2 is 1.88 bits per heavy atom. The molecule has 4 nitrogen and oxygen atoms in total. The molecule has 0 bridgehead atoms. The van der Waals surface area contributed by atoms with Gasteiger partial charge >= 0.3 is 0 Å². The Morgan fingerprint density at radius 3 is 2.53 bits per heavy atom. The molecule has 1 rings (SSSR count). The fourth-order valence-corrected chi connectivity index (χ4v) is 2.21. The minimum atomic E-state index is -0.0501. The van der Waals surface area contributed by atoms with Crippen LogP contribution in [0.25, 0.3) is 0 Å². The molecule has 1 aliphatic heterocycles. The molecule has 0 aromatic heterocycles. The maximum atomic E-state index is 11.9. The van der Waals surface area contributed by atoms with Gasteiger partial charge in [-0.2, -0.15) is 0 Å². The Bertz CT molecular complexity index is 215. The molecule has 0 aromatic carbocycles. The van der Waals surface area contributed by atoms with Crippen molar-refractivity contribution in [1.29, 1.82) is 0 Å². The molecule has 17 heavy (non-hydrogen) atoms. The topological polar surface area (TPSA) is 52.6 Å². The van der Waals surface area contributed by atoms with Crippen LogP contribution in [0.15, 0.2) is 0 Å². The Kier molecular flexibility index (Phi) is 7.21. The highest BCUT2D eigenvalue weighted by Crippen LogP contribution is 2.09. The van der Waals surface area contributed by atoms with Gasteiger partial charge < -0.3 is 15.3 Å². The van der Waals surface area contributed by atoms with Crippen molar-refractivity contribution < 1.29 is 9.90 Å². The summed E-state index contributed by atoms with van der Waals surface area (Å²) in [6, 6.07) is -0.0501. The van der Waals surface area contributed by atoms with Gasteiger partial charge in [0.1, 0.15) is 0 Å². The monoisotopic (exact) mass is 242 g/mol. The molecule has 0 saturated carbocycles. The lowest BCUT2D eigenvalue weighted by atomic mass is 10.2. The highest BCUT2D eigenvalue weighted by atomic mass is 16.2. The minimum absolute atomic E-state index is 0.0501. The number of unbranched alkanes of at least 4 members (excludes halogenated alkanes) is 3. The number of aliphatic hydroxyl groups is 1. The predicted molar refractivity (Wildman–Crippen MR) is 68.8 cm³/mol. The highest BCUT2D eigenvalue weighted by Gasteiger charge is 2.22. The molecule has 0 aromatic rings. The maximum Gasteiger partial charge on any atom is 0.239 e. The van der Waals surface area contributed by atoms with E-state index in [-0.39, 0.29) is 18.6 Å². The summed E-state index contributed by atoms with van der Waals surface area (Å²) >= 11 is 0. The van der Waals surface area contributed by atoms with Crippen LogP contribution in [0.1, 0.15) is 45.4 Å². The number of amides is 1. The summed E-state index contributed by atoms with van der Waals surface area (Å²) in [5, 5.41) is 11.9. The van der Waals surface area contributed by atoms with Gasteiger partial charge in [-0.05, 0) is 39.2 Å². The number of rotatable bonds is 8. The number of hydrogen-bond donors (Lipinski definition) is 2. The quantitative estimate of drug-likeness (QED) is 0.628. The molecule has 1 saturated heterocycles. The summed E-state index contributed by atoms with van der Waals surface area (Å²) in [6.07, 6.45) is 6.48. The molecule has 4 heteroatoms. The van der Waals surface area contributed by atoms with E-state index in [2.05, 4.69) is 5.32 Å². The molecule has 1 amide bonds. The third-order valence-corrected chi connectivity index (χ3v) is 3.32. The molecular weight excluding hydrogens is 216 g/mol. The average molecular weight is 242 g/mol. The molecule has 2 N–H and O–H groups in total. The van der Waals surface area contributed by atoms with Crippen LogP contribution in [-0.4, -0.2) is 48.2 Å². The largest absolute Gasteiger partial charge is 0.396 e. The molecule has 1 atom stereocenters. The van der Waals surface area contributed by atoms with E-state index in [1.165, 1.54) is 0 Å². The zero-order valence-corrected chi connectivity index (χ0v) is 11.0. The van der Waals surface area contributed by atoms with Crippen LogP contribution in [0, 0.1) is 0 Å². The van der Waals surface area contributed by atoms with Crippen LogP contribution in [0.4, 0.5) is 0 Å². The van der Waals surface area contributed by atoms with Gasteiger partial charge in [-0.3, -0.25) is 4.79 Å². The van der Waals surface area contributed by atoms with Crippen LogP contribution in [0.2, 0.25) is 0 Å². The summed E-state index contributed by atoms with van der Waals surface area (Å²) in [7, 11) is 0. The first-order chi connectivity index (χ1) is 8.25. The molecule has 0 aliphatic carbocycles. The Morgan fingerprint density at radius 1 is 1.24 bits per heavy atom. The number of carbonyl (C=O) groups excluding carboxylic acids is 1. The van der Waals surface area contributed by atoms with E-state index in [1.54, 1.807) is 0 Å². The van der Waals surface area contributed by atoms with Crippen molar-refractivity contribution in [3.63, 3.8) is 0 Å². The maximum absolute atomic E-state index is 11.9. The summed E-state index contributed by atoms with van der Waals surface area (Å²) in [6.45, 7) is 5.00. The van der Waals surface area contributed by atoms with E-state index >= 15 is 0 Å². The van der Waals surface area contributed by atoms with Crippen molar-refractivity contribution in [1.82, 2.24) is 10.2 Å². The summed E-state index contributed by atoms with van der Waals surface area (Å²) in [5.74, 6) is 0.248.